The van der Waals surface area contributed by atoms with Crippen LogP contribution in [-0.4, -0.2) is 67.7 Å². The number of nitrogens with zero attached hydrogens (tertiary/aromatic N) is 2. The number of halogens is 1. The lowest BCUT2D eigenvalue weighted by Crippen LogP contribution is -2.43. The fourth-order valence-electron chi connectivity index (χ4n) is 2.91. The molecule has 0 aliphatic carbocycles. The molecule has 1 saturated heterocycles. The number of amides is 1. The van der Waals surface area contributed by atoms with Crippen LogP contribution in [0.3, 0.4) is 0 Å². The minimum absolute atomic E-state index is 0. The zero-order chi connectivity index (χ0) is 15.7. The lowest BCUT2D eigenvalue weighted by molar-refractivity contribution is 0.0783. The van der Waals surface area contributed by atoms with Crippen molar-refractivity contribution >= 4 is 28.2 Å². The maximum atomic E-state index is 12.3. The van der Waals surface area contributed by atoms with E-state index in [1.807, 2.05) is 4.57 Å². The summed E-state index contributed by atoms with van der Waals surface area (Å²) >= 11 is 0. The number of ether oxygens (including phenoxy) is 1. The Kier molecular flexibility index (Phi) is 5.66. The van der Waals surface area contributed by atoms with Gasteiger partial charge in [-0.15, -0.1) is 12.4 Å². The fraction of sp³-hybridized carbons (Fsp3) is 0.692. The zero-order valence-electron chi connectivity index (χ0n) is 12.8. The molecule has 2 aliphatic heterocycles. The van der Waals surface area contributed by atoms with E-state index >= 15 is 0 Å². The SMILES string of the molecule is CO[C@@H]1CS(=O)(=O)C[C@H]1NC(=O)c1cn2c(n1)CCNCC2.Cl. The van der Waals surface area contributed by atoms with Crippen molar-refractivity contribution in [2.24, 2.45) is 0 Å². The van der Waals surface area contributed by atoms with E-state index in [9.17, 15) is 13.2 Å². The summed E-state index contributed by atoms with van der Waals surface area (Å²) in [7, 11) is -1.71. The topological polar surface area (TPSA) is 102 Å². The number of carbonyl (C=O) groups excluding carboxylic acids is 1. The summed E-state index contributed by atoms with van der Waals surface area (Å²) in [5.74, 6) is 0.379. The quantitative estimate of drug-likeness (QED) is 0.712. The second kappa shape index (κ2) is 7.16. The lowest BCUT2D eigenvalue weighted by Gasteiger charge is -2.17. The summed E-state index contributed by atoms with van der Waals surface area (Å²) in [6, 6.07) is -0.523. The Bertz CT molecular complexity index is 652. The highest BCUT2D eigenvalue weighted by Gasteiger charge is 2.39. The third kappa shape index (κ3) is 4.03. The zero-order valence-corrected chi connectivity index (χ0v) is 14.5. The standard InChI is InChI=1S/C13H20N4O4S.ClH/c1-21-11-8-22(19,20)7-10(11)16-13(18)9-6-17-5-4-14-3-2-12(17)15-9;/h6,10-11,14H,2-5,7-8H2,1H3,(H,16,18);1H/t10-,11-;/m1./s1. The van der Waals surface area contributed by atoms with Crippen molar-refractivity contribution in [3.63, 3.8) is 0 Å². The Morgan fingerprint density at radius 3 is 2.96 bits per heavy atom. The summed E-state index contributed by atoms with van der Waals surface area (Å²) in [6.07, 6.45) is 1.99. The predicted octanol–water partition coefficient (Wildman–Crippen LogP) is -1.01. The average molecular weight is 365 g/mol. The van der Waals surface area contributed by atoms with E-state index in [4.69, 9.17) is 4.74 Å². The van der Waals surface area contributed by atoms with Crippen LogP contribution >= 0.6 is 12.4 Å². The number of imidazole rings is 1. The summed E-state index contributed by atoms with van der Waals surface area (Å²) < 4.78 is 30.5. The maximum Gasteiger partial charge on any atom is 0.271 e. The van der Waals surface area contributed by atoms with Crippen molar-refractivity contribution in [2.45, 2.75) is 25.1 Å². The molecular weight excluding hydrogens is 344 g/mol. The van der Waals surface area contributed by atoms with Gasteiger partial charge in [0.25, 0.3) is 5.91 Å². The number of sulfone groups is 1. The van der Waals surface area contributed by atoms with Gasteiger partial charge >= 0.3 is 0 Å². The molecule has 0 bridgehead atoms. The first-order chi connectivity index (χ1) is 10.5. The van der Waals surface area contributed by atoms with Crippen molar-refractivity contribution in [3.05, 3.63) is 17.7 Å². The van der Waals surface area contributed by atoms with E-state index in [2.05, 4.69) is 15.6 Å². The molecule has 130 valence electrons. The molecule has 10 heteroatoms. The molecule has 1 amide bonds. The minimum atomic E-state index is -3.17. The molecule has 0 spiro atoms. The van der Waals surface area contributed by atoms with Crippen LogP contribution < -0.4 is 10.6 Å². The van der Waals surface area contributed by atoms with Gasteiger partial charge in [0.15, 0.2) is 9.84 Å². The third-order valence-corrected chi connectivity index (χ3v) is 5.77. The Balaban J connectivity index is 0.00000192. The second-order valence-corrected chi connectivity index (χ2v) is 7.82. The molecule has 0 radical (unpaired) electrons. The van der Waals surface area contributed by atoms with E-state index in [0.29, 0.717) is 5.69 Å². The van der Waals surface area contributed by atoms with Crippen LogP contribution in [0.15, 0.2) is 6.20 Å². The van der Waals surface area contributed by atoms with Gasteiger partial charge in [0.1, 0.15) is 11.5 Å². The van der Waals surface area contributed by atoms with Crippen molar-refractivity contribution in [1.29, 1.82) is 0 Å². The molecule has 1 fully saturated rings. The van der Waals surface area contributed by atoms with Gasteiger partial charge in [-0.2, -0.15) is 0 Å². The molecule has 2 N–H and O–H groups in total. The number of nitrogens with one attached hydrogen (secondary N) is 2. The van der Waals surface area contributed by atoms with Gasteiger partial charge in [-0.1, -0.05) is 0 Å². The van der Waals surface area contributed by atoms with Crippen LogP contribution in [0, 0.1) is 0 Å². The first-order valence-corrected chi connectivity index (χ1v) is 9.11. The monoisotopic (exact) mass is 364 g/mol. The molecule has 1 aromatic rings. The van der Waals surface area contributed by atoms with E-state index in [1.165, 1.54) is 7.11 Å². The number of rotatable bonds is 3. The molecule has 0 saturated carbocycles. The molecule has 1 aromatic heterocycles. The predicted molar refractivity (Wildman–Crippen MR) is 86.8 cm³/mol. The van der Waals surface area contributed by atoms with Gasteiger partial charge in [0.2, 0.25) is 0 Å². The molecule has 3 heterocycles. The highest BCUT2D eigenvalue weighted by molar-refractivity contribution is 7.91. The van der Waals surface area contributed by atoms with Gasteiger partial charge in [0.05, 0.1) is 23.7 Å². The van der Waals surface area contributed by atoms with E-state index in [0.717, 1.165) is 31.9 Å². The number of aromatic nitrogens is 2. The number of methoxy groups -OCH3 is 1. The Morgan fingerprint density at radius 1 is 1.43 bits per heavy atom. The van der Waals surface area contributed by atoms with Gasteiger partial charge < -0.3 is 19.9 Å². The molecule has 23 heavy (non-hydrogen) atoms. The maximum absolute atomic E-state index is 12.3. The van der Waals surface area contributed by atoms with E-state index in [1.54, 1.807) is 6.20 Å². The minimum Gasteiger partial charge on any atom is -0.378 e. The highest BCUT2D eigenvalue weighted by Crippen LogP contribution is 2.16. The Morgan fingerprint density at radius 2 is 2.22 bits per heavy atom. The fourth-order valence-corrected chi connectivity index (χ4v) is 4.76. The third-order valence-electron chi connectivity index (χ3n) is 4.07. The van der Waals surface area contributed by atoms with Crippen molar-refractivity contribution < 1.29 is 17.9 Å². The van der Waals surface area contributed by atoms with Crippen LogP contribution in [-0.2, 0) is 27.5 Å². The van der Waals surface area contributed by atoms with Crippen molar-refractivity contribution in [1.82, 2.24) is 20.2 Å². The molecule has 0 unspecified atom stereocenters. The van der Waals surface area contributed by atoms with Crippen molar-refractivity contribution in [3.8, 4) is 0 Å². The smallest absolute Gasteiger partial charge is 0.271 e. The van der Waals surface area contributed by atoms with Gasteiger partial charge in [-0.05, 0) is 0 Å². The second-order valence-electron chi connectivity index (χ2n) is 5.67. The van der Waals surface area contributed by atoms with Gasteiger partial charge in [-0.3, -0.25) is 4.79 Å². The molecule has 8 nitrogen and oxygen atoms in total. The first-order valence-electron chi connectivity index (χ1n) is 7.29. The Labute approximate surface area is 141 Å². The largest absolute Gasteiger partial charge is 0.378 e. The van der Waals surface area contributed by atoms with Gasteiger partial charge in [0, 0.05) is 39.4 Å². The number of carbonyl (C=O) groups is 1. The van der Waals surface area contributed by atoms with Gasteiger partial charge in [-0.25, -0.2) is 13.4 Å². The molecule has 2 aliphatic rings. The lowest BCUT2D eigenvalue weighted by atomic mass is 10.2. The molecule has 3 rings (SSSR count). The van der Waals surface area contributed by atoms with Crippen LogP contribution in [0.5, 0.6) is 0 Å². The molecular formula is C13H21ClN4O4S. The highest BCUT2D eigenvalue weighted by atomic mass is 35.5. The summed E-state index contributed by atoms with van der Waals surface area (Å²) in [4.78, 5) is 16.7. The molecule has 2 atom stereocenters. The Hall–Kier alpha value is -1.16. The van der Waals surface area contributed by atoms with Crippen LogP contribution in [0.4, 0.5) is 0 Å². The van der Waals surface area contributed by atoms with E-state index < -0.39 is 22.0 Å². The van der Waals surface area contributed by atoms with Crippen LogP contribution in [0.1, 0.15) is 16.3 Å². The summed E-state index contributed by atoms with van der Waals surface area (Å²) in [6.45, 7) is 2.45. The summed E-state index contributed by atoms with van der Waals surface area (Å²) in [5.41, 5.74) is 0.330. The van der Waals surface area contributed by atoms with Crippen molar-refractivity contribution in [2.75, 3.05) is 31.7 Å². The van der Waals surface area contributed by atoms with Crippen LogP contribution in [0.25, 0.3) is 0 Å². The van der Waals surface area contributed by atoms with Crippen LogP contribution in [0.2, 0.25) is 0 Å². The molecule has 0 aromatic carbocycles. The number of fused-ring (bicyclic) bond motifs is 1. The number of hydrogen-bond acceptors (Lipinski definition) is 6. The van der Waals surface area contributed by atoms with E-state index in [-0.39, 0.29) is 29.8 Å². The average Bonchev–Trinajstić information content (AvgIpc) is 2.92. The first kappa shape index (κ1) is 18.2. The summed E-state index contributed by atoms with van der Waals surface area (Å²) in [5, 5.41) is 6.01. The number of hydrogen-bond donors (Lipinski definition) is 2. The normalized spacial score (nSPS) is 26.0.